The van der Waals surface area contributed by atoms with Gasteiger partial charge in [-0.2, -0.15) is 0 Å². The standard InChI is InChI=1S/C30H51N7O5/c1-20(35-24(38)14-17-34-30(5,6)7)26(40)37-23(9-8-16-33-28(31)42)27(41)36-22-12-10-21(11-13-22)19-25(39)32-18-15-29(2,3)4/h10-13,20,23,34H,8-9,14-19H2,1-7H3,(H,32,39)(H,35,38)(H,36,41)(H,37,40)(H3,31,33,42)/t20-,23-/m0/s1. The van der Waals surface area contributed by atoms with Crippen LogP contribution in [0.2, 0.25) is 0 Å². The molecule has 0 aliphatic carbocycles. The number of nitrogens with two attached hydrogens (primary N) is 1. The molecule has 0 aliphatic heterocycles. The molecule has 0 spiro atoms. The van der Waals surface area contributed by atoms with Crippen molar-refractivity contribution < 1.29 is 24.0 Å². The molecule has 8 N–H and O–H groups in total. The molecule has 1 rings (SSSR count). The highest BCUT2D eigenvalue weighted by atomic mass is 16.2. The van der Waals surface area contributed by atoms with Gasteiger partial charge in [-0.25, -0.2) is 4.79 Å². The zero-order valence-corrected chi connectivity index (χ0v) is 26.2. The molecule has 0 saturated carbocycles. The van der Waals surface area contributed by atoms with E-state index in [1.165, 1.54) is 0 Å². The molecule has 0 heterocycles. The highest BCUT2D eigenvalue weighted by Gasteiger charge is 2.24. The number of primary amides is 1. The molecule has 0 fully saturated rings. The minimum atomic E-state index is -0.928. The summed E-state index contributed by atoms with van der Waals surface area (Å²) in [6.45, 7) is 15.2. The van der Waals surface area contributed by atoms with Crippen LogP contribution < -0.4 is 37.6 Å². The summed E-state index contributed by atoms with van der Waals surface area (Å²) in [7, 11) is 0. The summed E-state index contributed by atoms with van der Waals surface area (Å²) in [4.78, 5) is 61.5. The van der Waals surface area contributed by atoms with Gasteiger partial charge < -0.3 is 37.6 Å². The molecule has 1 aromatic rings. The van der Waals surface area contributed by atoms with E-state index in [-0.39, 0.29) is 48.6 Å². The minimum absolute atomic E-state index is 0.0740. The number of urea groups is 1. The van der Waals surface area contributed by atoms with E-state index in [2.05, 4.69) is 52.7 Å². The van der Waals surface area contributed by atoms with Crippen molar-refractivity contribution in [2.24, 2.45) is 11.1 Å². The van der Waals surface area contributed by atoms with E-state index in [1.54, 1.807) is 31.2 Å². The molecule has 0 unspecified atom stereocenters. The number of hydrogen-bond acceptors (Lipinski definition) is 6. The first kappa shape index (κ1) is 36.4. The van der Waals surface area contributed by atoms with Crippen LogP contribution in [0.1, 0.15) is 79.7 Å². The van der Waals surface area contributed by atoms with Crippen LogP contribution in [0.4, 0.5) is 10.5 Å². The molecule has 0 radical (unpaired) electrons. The zero-order chi connectivity index (χ0) is 31.9. The lowest BCUT2D eigenvalue weighted by atomic mass is 9.92. The smallest absolute Gasteiger partial charge is 0.312 e. The predicted octanol–water partition coefficient (Wildman–Crippen LogP) is 1.94. The maximum absolute atomic E-state index is 13.1. The van der Waals surface area contributed by atoms with Gasteiger partial charge in [0.2, 0.25) is 23.6 Å². The Balaban J connectivity index is 2.73. The number of nitrogens with one attached hydrogen (secondary N) is 6. The Morgan fingerprint density at radius 3 is 2.02 bits per heavy atom. The third-order valence-electron chi connectivity index (χ3n) is 6.16. The molecule has 0 bridgehead atoms. The van der Waals surface area contributed by atoms with Crippen LogP contribution in [0.15, 0.2) is 24.3 Å². The number of anilines is 1. The van der Waals surface area contributed by atoms with Crippen LogP contribution in [0.3, 0.4) is 0 Å². The van der Waals surface area contributed by atoms with Crippen molar-refractivity contribution in [1.29, 1.82) is 0 Å². The maximum Gasteiger partial charge on any atom is 0.312 e. The topological polar surface area (TPSA) is 184 Å². The molecule has 0 aromatic heterocycles. The largest absolute Gasteiger partial charge is 0.356 e. The van der Waals surface area contributed by atoms with Gasteiger partial charge >= 0.3 is 6.03 Å². The van der Waals surface area contributed by atoms with Crippen LogP contribution in [-0.4, -0.2) is 66.9 Å². The fourth-order valence-electron chi connectivity index (χ4n) is 3.77. The van der Waals surface area contributed by atoms with Gasteiger partial charge in [-0.15, -0.1) is 0 Å². The van der Waals surface area contributed by atoms with Crippen molar-refractivity contribution in [1.82, 2.24) is 26.6 Å². The fourth-order valence-corrected chi connectivity index (χ4v) is 3.77. The molecule has 12 heteroatoms. The summed E-state index contributed by atoms with van der Waals surface area (Å²) >= 11 is 0. The second-order valence-corrected chi connectivity index (χ2v) is 12.7. The Bertz CT molecular complexity index is 1050. The SMILES string of the molecule is C[C@H](NC(=O)CCNC(C)(C)C)C(=O)N[C@@H](CCCNC(N)=O)C(=O)Nc1ccc(CC(=O)NCCC(C)(C)C)cc1. The maximum atomic E-state index is 13.1. The quantitative estimate of drug-likeness (QED) is 0.145. The molecule has 6 amide bonds. The summed E-state index contributed by atoms with van der Waals surface area (Å²) in [5.74, 6) is -1.33. The van der Waals surface area contributed by atoms with E-state index in [0.29, 0.717) is 25.2 Å². The van der Waals surface area contributed by atoms with E-state index in [0.717, 1.165) is 12.0 Å². The van der Waals surface area contributed by atoms with Crippen molar-refractivity contribution in [3.63, 3.8) is 0 Å². The number of benzene rings is 1. The lowest BCUT2D eigenvalue weighted by Gasteiger charge is -2.22. The van der Waals surface area contributed by atoms with Crippen molar-refractivity contribution in [2.75, 3.05) is 25.0 Å². The average molecular weight is 590 g/mol. The van der Waals surface area contributed by atoms with Gasteiger partial charge in [-0.05, 0) is 70.1 Å². The van der Waals surface area contributed by atoms with Crippen molar-refractivity contribution in [2.45, 2.75) is 98.2 Å². The zero-order valence-electron chi connectivity index (χ0n) is 26.2. The van der Waals surface area contributed by atoms with Crippen LogP contribution in [0.5, 0.6) is 0 Å². The number of rotatable bonds is 16. The summed E-state index contributed by atoms with van der Waals surface area (Å²) in [6.07, 6.45) is 1.90. The Hall–Kier alpha value is -3.67. The number of carbonyl (C=O) groups excluding carboxylic acids is 5. The monoisotopic (exact) mass is 589 g/mol. The first-order valence-electron chi connectivity index (χ1n) is 14.5. The summed E-state index contributed by atoms with van der Waals surface area (Å²) in [5, 5.41) is 16.7. The van der Waals surface area contributed by atoms with Crippen LogP contribution in [-0.2, 0) is 25.6 Å². The number of amides is 6. The van der Waals surface area contributed by atoms with Crippen molar-refractivity contribution in [3.05, 3.63) is 29.8 Å². The van der Waals surface area contributed by atoms with Crippen molar-refractivity contribution in [3.8, 4) is 0 Å². The first-order valence-corrected chi connectivity index (χ1v) is 14.5. The molecule has 0 aliphatic rings. The third-order valence-corrected chi connectivity index (χ3v) is 6.16. The Labute approximate surface area is 250 Å². The molecular weight excluding hydrogens is 538 g/mol. The van der Waals surface area contributed by atoms with Gasteiger partial charge in [0.15, 0.2) is 0 Å². The van der Waals surface area contributed by atoms with Gasteiger partial charge in [0, 0.05) is 37.3 Å². The molecule has 12 nitrogen and oxygen atoms in total. The Morgan fingerprint density at radius 1 is 0.810 bits per heavy atom. The normalized spacial score (nSPS) is 12.9. The summed E-state index contributed by atoms with van der Waals surface area (Å²) < 4.78 is 0. The Kier molecular flexibility index (Phi) is 15.0. The van der Waals surface area contributed by atoms with Gasteiger partial charge in [0.05, 0.1) is 6.42 Å². The number of hydrogen-bond donors (Lipinski definition) is 7. The molecule has 2 atom stereocenters. The van der Waals surface area contributed by atoms with Crippen molar-refractivity contribution >= 4 is 35.3 Å². The molecular formula is C30H51N7O5. The van der Waals surface area contributed by atoms with Gasteiger partial charge in [0.25, 0.3) is 0 Å². The summed E-state index contributed by atoms with van der Waals surface area (Å²) in [6, 6.07) is 4.43. The molecule has 236 valence electrons. The van der Waals surface area contributed by atoms with Gasteiger partial charge in [-0.3, -0.25) is 19.2 Å². The lowest BCUT2D eigenvalue weighted by Crippen LogP contribution is -2.52. The van der Waals surface area contributed by atoms with E-state index in [1.807, 2.05) is 20.8 Å². The van der Waals surface area contributed by atoms with E-state index < -0.39 is 29.9 Å². The van der Waals surface area contributed by atoms with Crippen LogP contribution in [0.25, 0.3) is 0 Å². The average Bonchev–Trinajstić information content (AvgIpc) is 2.85. The second-order valence-electron chi connectivity index (χ2n) is 12.7. The summed E-state index contributed by atoms with van der Waals surface area (Å²) in [5.41, 5.74) is 6.41. The highest BCUT2D eigenvalue weighted by Crippen LogP contribution is 2.17. The third kappa shape index (κ3) is 17.2. The first-order chi connectivity index (χ1) is 19.4. The minimum Gasteiger partial charge on any atom is -0.356 e. The number of carbonyl (C=O) groups is 5. The van der Waals surface area contributed by atoms with E-state index in [4.69, 9.17) is 5.73 Å². The Morgan fingerprint density at radius 2 is 1.45 bits per heavy atom. The van der Waals surface area contributed by atoms with Gasteiger partial charge in [0.1, 0.15) is 12.1 Å². The fraction of sp³-hybridized carbons (Fsp3) is 0.633. The predicted molar refractivity (Wildman–Crippen MR) is 165 cm³/mol. The van der Waals surface area contributed by atoms with Crippen LogP contribution in [0, 0.1) is 5.41 Å². The van der Waals surface area contributed by atoms with E-state index >= 15 is 0 Å². The lowest BCUT2D eigenvalue weighted by molar-refractivity contribution is -0.130. The van der Waals surface area contributed by atoms with Gasteiger partial charge in [-0.1, -0.05) is 32.9 Å². The molecule has 0 saturated heterocycles. The molecule has 1 aromatic carbocycles. The second kappa shape index (κ2) is 17.3. The highest BCUT2D eigenvalue weighted by molar-refractivity contribution is 5.98. The molecule has 42 heavy (non-hydrogen) atoms. The van der Waals surface area contributed by atoms with Crippen LogP contribution >= 0.6 is 0 Å². The van der Waals surface area contributed by atoms with E-state index in [9.17, 15) is 24.0 Å².